The Balaban J connectivity index is 2.23. The molecule has 0 amide bonds. The van der Waals surface area contributed by atoms with Gasteiger partial charge in [0.05, 0.1) is 18.9 Å². The molecule has 1 heterocycles. The van der Waals surface area contributed by atoms with Crippen LogP contribution >= 0.6 is 0 Å². The van der Waals surface area contributed by atoms with Gasteiger partial charge in [-0.3, -0.25) is 0 Å². The van der Waals surface area contributed by atoms with Crippen LogP contribution in [0.2, 0.25) is 0 Å². The first-order chi connectivity index (χ1) is 9.60. The number of methoxy groups -OCH3 is 1. The van der Waals surface area contributed by atoms with E-state index >= 15 is 0 Å². The van der Waals surface area contributed by atoms with E-state index in [1.54, 1.807) is 37.6 Å². The lowest BCUT2D eigenvalue weighted by atomic mass is 10.3. The molecule has 0 saturated carbocycles. The number of hydrogen-bond acceptors (Lipinski definition) is 5. The van der Waals surface area contributed by atoms with E-state index < -0.39 is 0 Å². The summed E-state index contributed by atoms with van der Waals surface area (Å²) in [6.45, 7) is 3.89. The third-order valence-corrected chi connectivity index (χ3v) is 2.51. The first-order valence-corrected chi connectivity index (χ1v) is 6.33. The molecule has 20 heavy (non-hydrogen) atoms. The predicted molar refractivity (Wildman–Crippen MR) is 77.5 cm³/mol. The monoisotopic (exact) mass is 274 g/mol. The van der Waals surface area contributed by atoms with Crippen molar-refractivity contribution in [3.63, 3.8) is 0 Å². The van der Waals surface area contributed by atoms with Gasteiger partial charge in [-0.15, -0.1) is 0 Å². The van der Waals surface area contributed by atoms with E-state index in [9.17, 15) is 0 Å². The Kier molecular flexibility index (Phi) is 4.30. The van der Waals surface area contributed by atoms with E-state index in [-0.39, 0.29) is 6.10 Å². The number of anilines is 1. The van der Waals surface area contributed by atoms with Crippen molar-refractivity contribution in [2.24, 2.45) is 0 Å². The Morgan fingerprint density at radius 3 is 2.60 bits per heavy atom. The van der Waals surface area contributed by atoms with Crippen LogP contribution in [0.4, 0.5) is 5.69 Å². The molecule has 0 atom stereocenters. The van der Waals surface area contributed by atoms with Crippen LogP contribution in [0.5, 0.6) is 23.1 Å². The van der Waals surface area contributed by atoms with Gasteiger partial charge in [0, 0.05) is 12.3 Å². The molecule has 2 aromatic rings. The standard InChI is InChI=1S/C15H18N2O3/c1-10(2)19-14-5-4-8-17-15(14)20-11-6-7-13(18-3)12(16)9-11/h4-10H,16H2,1-3H3. The second-order valence-electron chi connectivity index (χ2n) is 4.48. The second kappa shape index (κ2) is 6.14. The molecule has 5 heteroatoms. The SMILES string of the molecule is COc1ccc(Oc2ncccc2OC(C)C)cc1N. The van der Waals surface area contributed by atoms with Crippen LogP contribution in [0.15, 0.2) is 36.5 Å². The zero-order valence-electron chi connectivity index (χ0n) is 11.8. The molecule has 1 aromatic heterocycles. The summed E-state index contributed by atoms with van der Waals surface area (Å²) in [6.07, 6.45) is 1.69. The van der Waals surface area contributed by atoms with Crippen molar-refractivity contribution < 1.29 is 14.2 Å². The second-order valence-corrected chi connectivity index (χ2v) is 4.48. The summed E-state index contributed by atoms with van der Waals surface area (Å²) in [6, 6.07) is 8.81. The number of benzene rings is 1. The first-order valence-electron chi connectivity index (χ1n) is 6.33. The van der Waals surface area contributed by atoms with Gasteiger partial charge in [0.25, 0.3) is 5.88 Å². The first kappa shape index (κ1) is 14.0. The third-order valence-electron chi connectivity index (χ3n) is 2.51. The summed E-state index contributed by atoms with van der Waals surface area (Å²) in [5.41, 5.74) is 6.35. The van der Waals surface area contributed by atoms with Gasteiger partial charge in [0.1, 0.15) is 11.5 Å². The minimum atomic E-state index is 0.0440. The number of pyridine rings is 1. The van der Waals surface area contributed by atoms with Gasteiger partial charge in [0.2, 0.25) is 0 Å². The Morgan fingerprint density at radius 2 is 1.95 bits per heavy atom. The van der Waals surface area contributed by atoms with Crippen LogP contribution in [-0.4, -0.2) is 18.2 Å². The predicted octanol–water partition coefficient (Wildman–Crippen LogP) is 3.25. The zero-order valence-corrected chi connectivity index (χ0v) is 11.8. The maximum absolute atomic E-state index is 5.85. The van der Waals surface area contributed by atoms with E-state index in [0.29, 0.717) is 28.8 Å². The molecule has 2 rings (SSSR count). The van der Waals surface area contributed by atoms with Crippen molar-refractivity contribution in [1.29, 1.82) is 0 Å². The number of ether oxygens (including phenoxy) is 3. The van der Waals surface area contributed by atoms with Gasteiger partial charge in [-0.1, -0.05) is 0 Å². The van der Waals surface area contributed by atoms with Gasteiger partial charge in [-0.2, -0.15) is 0 Å². The van der Waals surface area contributed by atoms with Crippen molar-refractivity contribution in [3.05, 3.63) is 36.5 Å². The van der Waals surface area contributed by atoms with Crippen molar-refractivity contribution in [2.45, 2.75) is 20.0 Å². The number of hydrogen-bond donors (Lipinski definition) is 1. The largest absolute Gasteiger partial charge is 0.495 e. The lowest BCUT2D eigenvalue weighted by molar-refractivity contribution is 0.231. The van der Waals surface area contributed by atoms with E-state index in [1.165, 1.54) is 0 Å². The molecular formula is C15H18N2O3. The highest BCUT2D eigenvalue weighted by molar-refractivity contribution is 5.56. The van der Waals surface area contributed by atoms with Gasteiger partial charge < -0.3 is 19.9 Å². The van der Waals surface area contributed by atoms with Gasteiger partial charge >= 0.3 is 0 Å². The van der Waals surface area contributed by atoms with Crippen LogP contribution in [0.3, 0.4) is 0 Å². The molecule has 0 spiro atoms. The Labute approximate surface area is 118 Å². The van der Waals surface area contributed by atoms with Crippen molar-refractivity contribution in [1.82, 2.24) is 4.98 Å². The van der Waals surface area contributed by atoms with Crippen LogP contribution in [0, 0.1) is 0 Å². The maximum Gasteiger partial charge on any atom is 0.262 e. The van der Waals surface area contributed by atoms with Gasteiger partial charge in [-0.25, -0.2) is 4.98 Å². The summed E-state index contributed by atoms with van der Waals surface area (Å²) in [5, 5.41) is 0. The molecule has 106 valence electrons. The fourth-order valence-electron chi connectivity index (χ4n) is 1.68. The van der Waals surface area contributed by atoms with E-state index in [2.05, 4.69) is 4.98 Å². The lowest BCUT2D eigenvalue weighted by Crippen LogP contribution is -2.07. The molecule has 0 aliphatic carbocycles. The quantitative estimate of drug-likeness (QED) is 0.848. The highest BCUT2D eigenvalue weighted by atomic mass is 16.5. The van der Waals surface area contributed by atoms with Crippen molar-refractivity contribution in [2.75, 3.05) is 12.8 Å². The summed E-state index contributed by atoms with van der Waals surface area (Å²) in [4.78, 5) is 4.18. The smallest absolute Gasteiger partial charge is 0.262 e. The summed E-state index contributed by atoms with van der Waals surface area (Å²) in [5.74, 6) is 2.19. The summed E-state index contributed by atoms with van der Waals surface area (Å²) in [7, 11) is 1.57. The van der Waals surface area contributed by atoms with E-state index in [4.69, 9.17) is 19.9 Å². The average molecular weight is 274 g/mol. The lowest BCUT2D eigenvalue weighted by Gasteiger charge is -2.14. The molecule has 0 unspecified atom stereocenters. The molecule has 0 radical (unpaired) electrons. The van der Waals surface area contributed by atoms with Crippen molar-refractivity contribution in [3.8, 4) is 23.1 Å². The molecule has 1 aromatic carbocycles. The van der Waals surface area contributed by atoms with E-state index in [1.807, 2.05) is 19.9 Å². The fourth-order valence-corrected chi connectivity index (χ4v) is 1.68. The van der Waals surface area contributed by atoms with Crippen LogP contribution in [-0.2, 0) is 0 Å². The van der Waals surface area contributed by atoms with Crippen LogP contribution in [0.1, 0.15) is 13.8 Å². The van der Waals surface area contributed by atoms with E-state index in [0.717, 1.165) is 0 Å². The summed E-state index contributed by atoms with van der Waals surface area (Å²) >= 11 is 0. The molecule has 0 aliphatic heterocycles. The Bertz CT molecular complexity index is 585. The number of rotatable bonds is 5. The summed E-state index contributed by atoms with van der Waals surface area (Å²) < 4.78 is 16.5. The fraction of sp³-hybridized carbons (Fsp3) is 0.267. The van der Waals surface area contributed by atoms with Crippen LogP contribution < -0.4 is 19.9 Å². The zero-order chi connectivity index (χ0) is 14.5. The minimum absolute atomic E-state index is 0.0440. The Morgan fingerprint density at radius 1 is 1.15 bits per heavy atom. The topological polar surface area (TPSA) is 66.6 Å². The number of aromatic nitrogens is 1. The molecule has 0 fully saturated rings. The maximum atomic E-state index is 5.85. The Hall–Kier alpha value is -2.43. The highest BCUT2D eigenvalue weighted by Crippen LogP contribution is 2.32. The number of nitrogen functional groups attached to an aromatic ring is 1. The molecule has 2 N–H and O–H groups in total. The van der Waals surface area contributed by atoms with Gasteiger partial charge in [-0.05, 0) is 38.1 Å². The number of nitrogens with zero attached hydrogens (tertiary/aromatic N) is 1. The van der Waals surface area contributed by atoms with Gasteiger partial charge in [0.15, 0.2) is 5.75 Å². The van der Waals surface area contributed by atoms with Crippen molar-refractivity contribution >= 4 is 5.69 Å². The normalized spacial score (nSPS) is 10.4. The van der Waals surface area contributed by atoms with Crippen LogP contribution in [0.25, 0.3) is 0 Å². The molecule has 0 saturated heterocycles. The molecule has 0 aliphatic rings. The third kappa shape index (κ3) is 3.32. The highest BCUT2D eigenvalue weighted by Gasteiger charge is 2.10. The average Bonchev–Trinajstić information content (AvgIpc) is 2.41. The molecule has 0 bridgehead atoms. The molecular weight excluding hydrogens is 256 g/mol. The minimum Gasteiger partial charge on any atom is -0.495 e. The molecule has 5 nitrogen and oxygen atoms in total. The number of nitrogens with two attached hydrogens (primary N) is 1.